The first-order valence-electron chi connectivity index (χ1n) is 8.93. The minimum absolute atomic E-state index is 0.570. The quantitative estimate of drug-likeness (QED) is 0.832. The number of benzene rings is 1. The molecule has 0 aromatic heterocycles. The van der Waals surface area contributed by atoms with Gasteiger partial charge in [-0.25, -0.2) is 0 Å². The Bertz CT molecular complexity index is 447. The van der Waals surface area contributed by atoms with E-state index in [0.29, 0.717) is 5.41 Å². The van der Waals surface area contributed by atoms with Crippen LogP contribution in [0.4, 0.5) is 0 Å². The van der Waals surface area contributed by atoms with Crippen molar-refractivity contribution in [3.8, 4) is 0 Å². The summed E-state index contributed by atoms with van der Waals surface area (Å²) in [5.41, 5.74) is 3.89. The summed E-state index contributed by atoms with van der Waals surface area (Å²) < 4.78 is 0. The van der Waals surface area contributed by atoms with Crippen molar-refractivity contribution >= 4 is 0 Å². The van der Waals surface area contributed by atoms with E-state index in [2.05, 4.69) is 43.4 Å². The highest BCUT2D eigenvalue weighted by Gasteiger charge is 2.28. The molecule has 1 aliphatic carbocycles. The van der Waals surface area contributed by atoms with Crippen LogP contribution in [0.15, 0.2) is 24.3 Å². The predicted molar refractivity (Wildman–Crippen MR) is 90.7 cm³/mol. The van der Waals surface area contributed by atoms with Gasteiger partial charge in [0, 0.05) is 0 Å². The van der Waals surface area contributed by atoms with Crippen LogP contribution in [0.3, 0.4) is 0 Å². The standard InChI is InChI=1S/C20H31N/c1-20(2)11-7-17(8-12-20)19-6-4-3-5-18(19)15-16-9-13-21-14-10-16/h3-6,16-17,21H,7-15H2,1-2H3. The van der Waals surface area contributed by atoms with Crippen LogP contribution >= 0.6 is 0 Å². The number of hydrogen-bond donors (Lipinski definition) is 1. The molecule has 1 aliphatic heterocycles. The summed E-state index contributed by atoms with van der Waals surface area (Å²) in [6.07, 6.45) is 9.56. The molecule has 1 heterocycles. The molecule has 0 bridgehead atoms. The van der Waals surface area contributed by atoms with Gasteiger partial charge in [0.25, 0.3) is 0 Å². The normalized spacial score (nSPS) is 24.1. The van der Waals surface area contributed by atoms with Crippen molar-refractivity contribution in [1.29, 1.82) is 0 Å². The maximum Gasteiger partial charge on any atom is -0.00462 e. The largest absolute Gasteiger partial charge is 0.317 e. The van der Waals surface area contributed by atoms with Crippen LogP contribution in [0.1, 0.15) is 69.4 Å². The number of hydrogen-bond acceptors (Lipinski definition) is 1. The van der Waals surface area contributed by atoms with Crippen LogP contribution in [0.25, 0.3) is 0 Å². The van der Waals surface area contributed by atoms with Crippen LogP contribution in [0, 0.1) is 11.3 Å². The Hall–Kier alpha value is -0.820. The van der Waals surface area contributed by atoms with E-state index in [0.717, 1.165) is 11.8 Å². The molecule has 0 unspecified atom stereocenters. The molecule has 2 aliphatic rings. The van der Waals surface area contributed by atoms with Crippen molar-refractivity contribution in [2.75, 3.05) is 13.1 Å². The van der Waals surface area contributed by atoms with Crippen molar-refractivity contribution < 1.29 is 0 Å². The van der Waals surface area contributed by atoms with Crippen molar-refractivity contribution in [1.82, 2.24) is 5.32 Å². The molecule has 21 heavy (non-hydrogen) atoms. The van der Waals surface area contributed by atoms with Gasteiger partial charge in [0.2, 0.25) is 0 Å². The zero-order valence-electron chi connectivity index (χ0n) is 13.8. The molecule has 0 radical (unpaired) electrons. The van der Waals surface area contributed by atoms with Crippen LogP contribution in [-0.2, 0) is 6.42 Å². The lowest BCUT2D eigenvalue weighted by molar-refractivity contribution is 0.224. The van der Waals surface area contributed by atoms with Gasteiger partial charge in [0.1, 0.15) is 0 Å². The third kappa shape index (κ3) is 3.88. The lowest BCUT2D eigenvalue weighted by Gasteiger charge is -2.35. The highest BCUT2D eigenvalue weighted by atomic mass is 14.9. The topological polar surface area (TPSA) is 12.0 Å². The van der Waals surface area contributed by atoms with Gasteiger partial charge < -0.3 is 5.32 Å². The van der Waals surface area contributed by atoms with E-state index in [1.807, 2.05) is 0 Å². The molecule has 1 aromatic carbocycles. The van der Waals surface area contributed by atoms with Crippen molar-refractivity contribution in [3.63, 3.8) is 0 Å². The molecule has 0 atom stereocenters. The molecule has 1 heteroatoms. The first kappa shape index (κ1) is 15.1. The van der Waals surface area contributed by atoms with Crippen molar-refractivity contribution in [2.24, 2.45) is 11.3 Å². The Balaban J connectivity index is 1.70. The fraction of sp³-hybridized carbons (Fsp3) is 0.700. The first-order chi connectivity index (χ1) is 10.1. The van der Waals surface area contributed by atoms with E-state index in [-0.39, 0.29) is 0 Å². The molecular weight excluding hydrogens is 254 g/mol. The summed E-state index contributed by atoms with van der Waals surface area (Å²) in [5, 5.41) is 3.49. The van der Waals surface area contributed by atoms with E-state index < -0.39 is 0 Å². The molecule has 1 N–H and O–H groups in total. The summed E-state index contributed by atoms with van der Waals surface area (Å²) in [4.78, 5) is 0. The van der Waals surface area contributed by atoms with Crippen LogP contribution in [0.5, 0.6) is 0 Å². The van der Waals surface area contributed by atoms with Gasteiger partial charge in [-0.05, 0) is 86.4 Å². The Kier molecular flexibility index (Phi) is 4.69. The Morgan fingerprint density at radius 2 is 1.67 bits per heavy atom. The Morgan fingerprint density at radius 1 is 1.00 bits per heavy atom. The van der Waals surface area contributed by atoms with Gasteiger partial charge in [-0.1, -0.05) is 38.1 Å². The third-order valence-electron chi connectivity index (χ3n) is 5.80. The van der Waals surface area contributed by atoms with Gasteiger partial charge in [-0.2, -0.15) is 0 Å². The maximum atomic E-state index is 3.49. The minimum atomic E-state index is 0.570. The summed E-state index contributed by atoms with van der Waals surface area (Å²) in [5.74, 6) is 1.71. The van der Waals surface area contributed by atoms with Gasteiger partial charge in [0.15, 0.2) is 0 Å². The van der Waals surface area contributed by atoms with E-state index in [1.54, 1.807) is 11.1 Å². The molecule has 1 saturated heterocycles. The molecule has 1 saturated carbocycles. The SMILES string of the molecule is CC1(C)CCC(c2ccccc2CC2CCNCC2)CC1. The lowest BCUT2D eigenvalue weighted by Crippen LogP contribution is -2.29. The summed E-state index contributed by atoms with van der Waals surface area (Å²) in [7, 11) is 0. The van der Waals surface area contributed by atoms with Crippen molar-refractivity contribution in [3.05, 3.63) is 35.4 Å². The fourth-order valence-electron chi connectivity index (χ4n) is 4.23. The first-order valence-corrected chi connectivity index (χ1v) is 8.93. The van der Waals surface area contributed by atoms with E-state index in [1.165, 1.54) is 58.0 Å². The maximum absolute atomic E-state index is 3.49. The average molecular weight is 285 g/mol. The van der Waals surface area contributed by atoms with Gasteiger partial charge in [0.05, 0.1) is 0 Å². The third-order valence-corrected chi connectivity index (χ3v) is 5.80. The van der Waals surface area contributed by atoms with Gasteiger partial charge >= 0.3 is 0 Å². The molecule has 1 nitrogen and oxygen atoms in total. The second-order valence-electron chi connectivity index (χ2n) is 8.03. The summed E-state index contributed by atoms with van der Waals surface area (Å²) in [6.45, 7) is 7.29. The second-order valence-corrected chi connectivity index (χ2v) is 8.03. The van der Waals surface area contributed by atoms with Crippen LogP contribution in [0.2, 0.25) is 0 Å². The Labute approximate surface area is 130 Å². The lowest BCUT2D eigenvalue weighted by atomic mass is 9.70. The molecule has 3 rings (SSSR count). The highest BCUT2D eigenvalue weighted by molar-refractivity contribution is 5.31. The van der Waals surface area contributed by atoms with E-state index >= 15 is 0 Å². The summed E-state index contributed by atoms with van der Waals surface area (Å²) >= 11 is 0. The number of piperidine rings is 1. The van der Waals surface area contributed by atoms with Crippen molar-refractivity contribution in [2.45, 2.75) is 64.7 Å². The summed E-state index contributed by atoms with van der Waals surface area (Å²) in [6, 6.07) is 9.31. The number of rotatable bonds is 3. The molecule has 116 valence electrons. The zero-order valence-corrected chi connectivity index (χ0v) is 13.8. The minimum Gasteiger partial charge on any atom is -0.317 e. The second kappa shape index (κ2) is 6.52. The van der Waals surface area contributed by atoms with E-state index in [9.17, 15) is 0 Å². The van der Waals surface area contributed by atoms with E-state index in [4.69, 9.17) is 0 Å². The van der Waals surface area contributed by atoms with Crippen LogP contribution < -0.4 is 5.32 Å². The molecule has 1 aromatic rings. The molecule has 0 amide bonds. The molecule has 2 fully saturated rings. The molecular formula is C20H31N. The van der Waals surface area contributed by atoms with Gasteiger partial charge in [-0.3, -0.25) is 0 Å². The fourth-order valence-corrected chi connectivity index (χ4v) is 4.23. The number of nitrogens with one attached hydrogen (secondary N) is 1. The zero-order chi connectivity index (χ0) is 14.7. The smallest absolute Gasteiger partial charge is 0.00462 e. The van der Waals surface area contributed by atoms with Gasteiger partial charge in [-0.15, -0.1) is 0 Å². The monoisotopic (exact) mass is 285 g/mol. The highest BCUT2D eigenvalue weighted by Crippen LogP contribution is 2.43. The predicted octanol–water partition coefficient (Wildman–Crippen LogP) is 4.91. The Morgan fingerprint density at radius 3 is 2.38 bits per heavy atom. The molecule has 0 spiro atoms. The van der Waals surface area contributed by atoms with Crippen LogP contribution in [-0.4, -0.2) is 13.1 Å². The average Bonchev–Trinajstić information content (AvgIpc) is 2.49.